The number of carbonyl (C=O) groups excluding carboxylic acids is 3. The summed E-state index contributed by atoms with van der Waals surface area (Å²) in [5, 5.41) is 8.00. The number of hydrogen-bond donors (Lipinski definition) is 2. The first-order chi connectivity index (χ1) is 19.9. The third-order valence-electron chi connectivity index (χ3n) is 7.51. The molecular weight excluding hydrogens is 538 g/mol. The Balaban J connectivity index is 1.26. The highest BCUT2D eigenvalue weighted by Gasteiger charge is 2.40. The Morgan fingerprint density at radius 1 is 1.00 bits per heavy atom. The van der Waals surface area contributed by atoms with Crippen LogP contribution in [0.5, 0.6) is 5.19 Å². The second kappa shape index (κ2) is 14.8. The van der Waals surface area contributed by atoms with Crippen LogP contribution in [0.2, 0.25) is 0 Å². The summed E-state index contributed by atoms with van der Waals surface area (Å²) in [6.07, 6.45) is 4.71. The van der Waals surface area contributed by atoms with Crippen LogP contribution in [0.15, 0.2) is 66.0 Å². The van der Waals surface area contributed by atoms with E-state index in [1.807, 2.05) is 67.8 Å². The average molecular weight is 578 g/mol. The molecule has 218 valence electrons. The molecule has 0 aliphatic heterocycles. The van der Waals surface area contributed by atoms with E-state index in [2.05, 4.69) is 27.8 Å². The number of thiazole rings is 1. The molecule has 2 amide bonds. The molecule has 9 heteroatoms. The molecular formula is C32H39N3O5S. The van der Waals surface area contributed by atoms with Gasteiger partial charge in [0.2, 0.25) is 5.78 Å². The summed E-state index contributed by atoms with van der Waals surface area (Å²) in [5.41, 5.74) is 2.76. The van der Waals surface area contributed by atoms with Gasteiger partial charge in [0, 0.05) is 17.2 Å². The summed E-state index contributed by atoms with van der Waals surface area (Å²) in [4.78, 5) is 43.1. The number of carbonyl (C=O) groups is 3. The minimum Gasteiger partial charge on any atom is -0.469 e. The van der Waals surface area contributed by atoms with Crippen LogP contribution in [0, 0.1) is 5.41 Å². The predicted molar refractivity (Wildman–Crippen MR) is 159 cm³/mol. The van der Waals surface area contributed by atoms with E-state index in [9.17, 15) is 14.4 Å². The van der Waals surface area contributed by atoms with E-state index < -0.39 is 23.8 Å². The van der Waals surface area contributed by atoms with Gasteiger partial charge in [-0.3, -0.25) is 9.59 Å². The number of unbranched alkanes of at least 4 members (excludes halogenated alkanes) is 1. The zero-order valence-corrected chi connectivity index (χ0v) is 24.6. The Bertz CT molecular complexity index is 1280. The molecule has 0 radical (unpaired) electrons. The van der Waals surface area contributed by atoms with Gasteiger partial charge in [-0.25, -0.2) is 9.78 Å². The van der Waals surface area contributed by atoms with Gasteiger partial charge >= 0.3 is 6.09 Å². The predicted octanol–water partition coefficient (Wildman–Crippen LogP) is 6.01. The Labute approximate surface area is 245 Å². The smallest absolute Gasteiger partial charge is 0.407 e. The molecule has 0 spiro atoms. The van der Waals surface area contributed by atoms with E-state index in [-0.39, 0.29) is 18.1 Å². The van der Waals surface area contributed by atoms with E-state index in [4.69, 9.17) is 9.47 Å². The lowest BCUT2D eigenvalue weighted by atomic mass is 9.70. The SMILES string of the molecule is CCCC[C@H](NC(=O)OCC1(COc2nc(Cc3ccccc3)cs2)CCC1)C(=O)C(=O)N[C@H](C)c1ccccc1. The van der Waals surface area contributed by atoms with Crippen molar-refractivity contribution in [2.24, 2.45) is 5.41 Å². The fourth-order valence-corrected chi connectivity index (χ4v) is 5.46. The molecule has 1 fully saturated rings. The topological polar surface area (TPSA) is 107 Å². The zero-order valence-electron chi connectivity index (χ0n) is 23.8. The highest BCUT2D eigenvalue weighted by atomic mass is 32.1. The van der Waals surface area contributed by atoms with Crippen molar-refractivity contribution in [1.82, 2.24) is 15.6 Å². The highest BCUT2D eigenvalue weighted by Crippen LogP contribution is 2.42. The van der Waals surface area contributed by atoms with Crippen molar-refractivity contribution in [2.75, 3.05) is 13.2 Å². The number of Topliss-reactive ketones (excluding diaryl/α,β-unsaturated/α-hetero) is 1. The van der Waals surface area contributed by atoms with Crippen molar-refractivity contribution in [3.63, 3.8) is 0 Å². The van der Waals surface area contributed by atoms with Gasteiger partial charge in [-0.15, -0.1) is 0 Å². The number of ketones is 1. The number of alkyl carbamates (subject to hydrolysis) is 1. The second-order valence-corrected chi connectivity index (χ2v) is 11.6. The Hall–Kier alpha value is -3.72. The lowest BCUT2D eigenvalue weighted by molar-refractivity contribution is -0.139. The summed E-state index contributed by atoms with van der Waals surface area (Å²) in [6.45, 7) is 4.38. The largest absolute Gasteiger partial charge is 0.469 e. The molecule has 1 saturated carbocycles. The van der Waals surface area contributed by atoms with E-state index in [1.54, 1.807) is 0 Å². The van der Waals surface area contributed by atoms with Crippen molar-refractivity contribution in [1.29, 1.82) is 0 Å². The van der Waals surface area contributed by atoms with Gasteiger partial charge in [-0.05, 0) is 37.3 Å². The number of nitrogens with one attached hydrogen (secondary N) is 2. The van der Waals surface area contributed by atoms with Crippen LogP contribution in [-0.4, -0.2) is 42.0 Å². The summed E-state index contributed by atoms with van der Waals surface area (Å²) < 4.78 is 11.6. The van der Waals surface area contributed by atoms with Crippen LogP contribution >= 0.6 is 11.3 Å². The standard InChI is InChI=1S/C32H39N3O5S/c1-3-4-16-27(28(36)29(37)33-23(2)25-14-9-6-10-15-25)35-30(38)39-21-32(17-11-18-32)22-40-31-34-26(20-41-31)19-24-12-7-5-8-13-24/h5-10,12-15,20,23,27H,3-4,11,16-19,21-22H2,1-2H3,(H,33,37)(H,35,38)/t23-,27+/m1/s1. The molecule has 2 atom stereocenters. The van der Waals surface area contributed by atoms with Crippen molar-refractivity contribution in [3.05, 3.63) is 82.9 Å². The van der Waals surface area contributed by atoms with Gasteiger partial charge in [-0.1, -0.05) is 98.2 Å². The monoisotopic (exact) mass is 577 g/mol. The van der Waals surface area contributed by atoms with Crippen LogP contribution in [0.1, 0.15) is 75.2 Å². The molecule has 0 bridgehead atoms. The molecule has 41 heavy (non-hydrogen) atoms. The first-order valence-corrected chi connectivity index (χ1v) is 15.2. The molecule has 2 aromatic carbocycles. The number of aromatic nitrogens is 1. The maximum Gasteiger partial charge on any atom is 0.407 e. The Morgan fingerprint density at radius 3 is 2.37 bits per heavy atom. The molecule has 1 aliphatic carbocycles. The summed E-state index contributed by atoms with van der Waals surface area (Å²) in [6, 6.07) is 18.3. The Kier molecular flexibility index (Phi) is 10.9. The van der Waals surface area contributed by atoms with Gasteiger partial charge in [0.25, 0.3) is 11.1 Å². The molecule has 1 heterocycles. The van der Waals surface area contributed by atoms with E-state index in [0.717, 1.165) is 43.4 Å². The number of hydrogen-bond acceptors (Lipinski definition) is 7. The third kappa shape index (κ3) is 8.88. The lowest BCUT2D eigenvalue weighted by Crippen LogP contribution is -2.49. The first-order valence-electron chi connectivity index (χ1n) is 14.3. The van der Waals surface area contributed by atoms with Gasteiger partial charge in [-0.2, -0.15) is 0 Å². The quantitative estimate of drug-likeness (QED) is 0.214. The third-order valence-corrected chi connectivity index (χ3v) is 8.31. The van der Waals surface area contributed by atoms with Gasteiger partial charge in [0.1, 0.15) is 12.6 Å². The van der Waals surface area contributed by atoms with Crippen LogP contribution in [0.4, 0.5) is 4.79 Å². The van der Waals surface area contributed by atoms with Crippen molar-refractivity contribution in [2.45, 2.75) is 70.9 Å². The summed E-state index contributed by atoms with van der Waals surface area (Å²) in [7, 11) is 0. The molecule has 1 aliphatic rings. The fourth-order valence-electron chi connectivity index (χ4n) is 4.79. The molecule has 1 aromatic heterocycles. The van der Waals surface area contributed by atoms with Gasteiger partial charge in [0.05, 0.1) is 18.3 Å². The molecule has 8 nitrogen and oxygen atoms in total. The second-order valence-electron chi connectivity index (χ2n) is 10.8. The van der Waals surface area contributed by atoms with Gasteiger partial charge < -0.3 is 20.1 Å². The van der Waals surface area contributed by atoms with Crippen molar-refractivity contribution < 1.29 is 23.9 Å². The maximum atomic E-state index is 13.0. The highest BCUT2D eigenvalue weighted by molar-refractivity contribution is 7.11. The minimum absolute atomic E-state index is 0.174. The van der Waals surface area contributed by atoms with Gasteiger partial charge in [0.15, 0.2) is 0 Å². The number of rotatable bonds is 15. The zero-order chi connectivity index (χ0) is 29.1. The first kappa shape index (κ1) is 30.2. The van der Waals surface area contributed by atoms with Crippen molar-refractivity contribution >= 4 is 29.1 Å². The van der Waals surface area contributed by atoms with Crippen molar-refractivity contribution in [3.8, 4) is 5.19 Å². The molecule has 0 unspecified atom stereocenters. The number of amides is 2. The number of ether oxygens (including phenoxy) is 2. The number of nitrogens with zero attached hydrogens (tertiary/aromatic N) is 1. The summed E-state index contributed by atoms with van der Waals surface area (Å²) >= 11 is 1.46. The fraction of sp³-hybridized carbons (Fsp3) is 0.438. The minimum atomic E-state index is -0.947. The molecule has 3 aromatic rings. The maximum absolute atomic E-state index is 13.0. The van der Waals surface area contributed by atoms with Crippen LogP contribution in [-0.2, 0) is 20.7 Å². The van der Waals surface area contributed by atoms with E-state index in [1.165, 1.54) is 16.9 Å². The van der Waals surface area contributed by atoms with E-state index >= 15 is 0 Å². The lowest BCUT2D eigenvalue weighted by Gasteiger charge is -2.40. The normalized spacial score (nSPS) is 15.2. The number of benzene rings is 2. The molecule has 0 saturated heterocycles. The van der Waals surface area contributed by atoms with Crippen LogP contribution < -0.4 is 15.4 Å². The summed E-state index contributed by atoms with van der Waals surface area (Å²) in [5.74, 6) is -1.39. The van der Waals surface area contributed by atoms with Crippen LogP contribution in [0.25, 0.3) is 0 Å². The van der Waals surface area contributed by atoms with E-state index in [0.29, 0.717) is 24.6 Å². The average Bonchev–Trinajstić information content (AvgIpc) is 3.42. The molecule has 2 N–H and O–H groups in total. The van der Waals surface area contributed by atoms with Crippen LogP contribution in [0.3, 0.4) is 0 Å². The molecule has 4 rings (SSSR count). The Morgan fingerprint density at radius 2 is 1.71 bits per heavy atom.